The van der Waals surface area contributed by atoms with E-state index in [4.69, 9.17) is 16.3 Å². The van der Waals surface area contributed by atoms with Gasteiger partial charge in [-0.1, -0.05) is 30.7 Å². The molecule has 1 atom stereocenters. The molecule has 1 aliphatic heterocycles. The van der Waals surface area contributed by atoms with Crippen LogP contribution < -0.4 is 5.32 Å². The smallest absolute Gasteiger partial charge is 0.338 e. The summed E-state index contributed by atoms with van der Waals surface area (Å²) in [5.74, 6) is -1.30. The number of carbonyl (C=O) groups excluding carboxylic acids is 2. The van der Waals surface area contributed by atoms with Crippen LogP contribution in [0.1, 0.15) is 42.6 Å². The van der Waals surface area contributed by atoms with E-state index in [1.165, 1.54) is 29.4 Å². The molecule has 1 heterocycles. The molecule has 166 valence electrons. The Kier molecular flexibility index (Phi) is 7.35. The third kappa shape index (κ3) is 5.44. The van der Waals surface area contributed by atoms with Gasteiger partial charge in [0.15, 0.2) is 6.10 Å². The molecule has 9 heteroatoms. The van der Waals surface area contributed by atoms with Crippen LogP contribution in [-0.2, 0) is 26.0 Å². The number of nitrogens with one attached hydrogen (secondary N) is 1. The Balaban J connectivity index is 1.70. The average Bonchev–Trinajstić information content (AvgIpc) is 3.30. The lowest BCUT2D eigenvalue weighted by Crippen LogP contribution is -2.30. The Labute approximate surface area is 187 Å². The van der Waals surface area contributed by atoms with E-state index >= 15 is 0 Å². The number of ether oxygens (including phenoxy) is 1. The summed E-state index contributed by atoms with van der Waals surface area (Å²) >= 11 is 6.11. The fraction of sp³-hybridized carbons (Fsp3) is 0.364. The molecule has 1 saturated heterocycles. The highest BCUT2D eigenvalue weighted by molar-refractivity contribution is 7.89. The topological polar surface area (TPSA) is 92.8 Å². The number of hydrogen-bond acceptors (Lipinski definition) is 5. The van der Waals surface area contributed by atoms with Crippen LogP contribution in [0.2, 0.25) is 5.02 Å². The number of esters is 1. The Bertz CT molecular complexity index is 1060. The number of rotatable bonds is 7. The zero-order valence-electron chi connectivity index (χ0n) is 17.4. The lowest BCUT2D eigenvalue weighted by atomic mass is 10.1. The summed E-state index contributed by atoms with van der Waals surface area (Å²) in [6.45, 7) is 4.33. The predicted octanol–water partition coefficient (Wildman–Crippen LogP) is 3.87. The molecule has 3 rings (SSSR count). The Morgan fingerprint density at radius 1 is 1.13 bits per heavy atom. The van der Waals surface area contributed by atoms with Crippen molar-refractivity contribution in [3.05, 3.63) is 58.6 Å². The fourth-order valence-electron chi connectivity index (χ4n) is 3.25. The molecule has 2 aromatic rings. The van der Waals surface area contributed by atoms with Gasteiger partial charge in [-0.15, -0.1) is 0 Å². The minimum Gasteiger partial charge on any atom is -0.449 e. The fourth-order valence-corrected chi connectivity index (χ4v) is 5.26. The number of hydrogen-bond donors (Lipinski definition) is 1. The van der Waals surface area contributed by atoms with Crippen molar-refractivity contribution in [2.75, 3.05) is 18.4 Å². The number of carbonyl (C=O) groups is 2. The number of sulfonamides is 1. The first-order chi connectivity index (χ1) is 14.7. The average molecular weight is 465 g/mol. The van der Waals surface area contributed by atoms with Gasteiger partial charge in [-0.3, -0.25) is 4.79 Å². The van der Waals surface area contributed by atoms with Crippen molar-refractivity contribution in [3.63, 3.8) is 0 Å². The summed E-state index contributed by atoms with van der Waals surface area (Å²) in [5, 5.41) is 2.72. The standard InChI is InChI=1S/C22H25ClN2O5S/c1-3-16-6-9-18(10-7-16)24-21(26)15(2)30-22(27)17-8-11-19(23)20(14-17)31(28,29)25-12-4-5-13-25/h6-11,14-15H,3-5,12-13H2,1-2H3,(H,24,26). The lowest BCUT2D eigenvalue weighted by Gasteiger charge is -2.17. The van der Waals surface area contributed by atoms with Gasteiger partial charge in [-0.25, -0.2) is 13.2 Å². The molecule has 1 fully saturated rings. The van der Waals surface area contributed by atoms with Crippen molar-refractivity contribution < 1.29 is 22.7 Å². The van der Waals surface area contributed by atoms with E-state index < -0.39 is 28.0 Å². The Morgan fingerprint density at radius 2 is 1.77 bits per heavy atom. The second-order valence-corrected chi connectivity index (χ2v) is 9.66. The quantitative estimate of drug-likeness (QED) is 0.628. The third-order valence-electron chi connectivity index (χ3n) is 5.13. The highest BCUT2D eigenvalue weighted by Gasteiger charge is 2.30. The highest BCUT2D eigenvalue weighted by Crippen LogP contribution is 2.28. The lowest BCUT2D eigenvalue weighted by molar-refractivity contribution is -0.123. The van der Waals surface area contributed by atoms with Crippen molar-refractivity contribution >= 4 is 39.2 Å². The van der Waals surface area contributed by atoms with Crippen LogP contribution in [0.4, 0.5) is 5.69 Å². The normalized spacial score (nSPS) is 15.5. The Morgan fingerprint density at radius 3 is 2.39 bits per heavy atom. The zero-order chi connectivity index (χ0) is 22.6. The minimum atomic E-state index is -3.80. The third-order valence-corrected chi connectivity index (χ3v) is 7.51. The van der Waals surface area contributed by atoms with Gasteiger partial charge in [0.2, 0.25) is 10.0 Å². The monoisotopic (exact) mass is 464 g/mol. The van der Waals surface area contributed by atoms with Gasteiger partial charge in [0.25, 0.3) is 5.91 Å². The van der Waals surface area contributed by atoms with Crippen molar-refractivity contribution in [2.24, 2.45) is 0 Å². The second-order valence-electron chi connectivity index (χ2n) is 7.34. The van der Waals surface area contributed by atoms with Crippen LogP contribution in [0, 0.1) is 0 Å². The van der Waals surface area contributed by atoms with Gasteiger partial charge in [0.1, 0.15) is 4.90 Å². The molecular formula is C22H25ClN2O5S. The molecule has 0 aliphatic carbocycles. The summed E-state index contributed by atoms with van der Waals surface area (Å²) in [5.41, 5.74) is 1.74. The van der Waals surface area contributed by atoms with E-state index in [2.05, 4.69) is 5.32 Å². The summed E-state index contributed by atoms with van der Waals surface area (Å²) in [7, 11) is -3.80. The maximum absolute atomic E-state index is 12.8. The maximum Gasteiger partial charge on any atom is 0.338 e. The first-order valence-electron chi connectivity index (χ1n) is 10.1. The number of amides is 1. The van der Waals surface area contributed by atoms with Gasteiger partial charge in [0, 0.05) is 18.8 Å². The van der Waals surface area contributed by atoms with Crippen molar-refractivity contribution in [1.82, 2.24) is 4.31 Å². The molecule has 2 aromatic carbocycles. The summed E-state index contributed by atoms with van der Waals surface area (Å²) in [4.78, 5) is 24.8. The molecule has 0 spiro atoms. The first-order valence-corrected chi connectivity index (χ1v) is 11.9. The first kappa shape index (κ1) is 23.2. The van der Waals surface area contributed by atoms with Crippen molar-refractivity contribution in [3.8, 4) is 0 Å². The van der Waals surface area contributed by atoms with Crippen LogP contribution >= 0.6 is 11.6 Å². The largest absolute Gasteiger partial charge is 0.449 e. The molecule has 1 aliphatic rings. The molecule has 1 amide bonds. The van der Waals surface area contributed by atoms with E-state index in [1.54, 1.807) is 12.1 Å². The van der Waals surface area contributed by atoms with Crippen LogP contribution in [0.3, 0.4) is 0 Å². The minimum absolute atomic E-state index is 0.00845. The number of anilines is 1. The van der Waals surface area contributed by atoms with Crippen LogP contribution in [0.15, 0.2) is 47.4 Å². The van der Waals surface area contributed by atoms with Crippen LogP contribution in [0.5, 0.6) is 0 Å². The second kappa shape index (κ2) is 9.80. The van der Waals surface area contributed by atoms with E-state index in [0.29, 0.717) is 18.8 Å². The van der Waals surface area contributed by atoms with Gasteiger partial charge in [0.05, 0.1) is 10.6 Å². The van der Waals surface area contributed by atoms with Gasteiger partial charge in [-0.05, 0) is 62.1 Å². The maximum atomic E-state index is 12.8. The van der Waals surface area contributed by atoms with Crippen LogP contribution in [-0.4, -0.2) is 43.8 Å². The molecular weight excluding hydrogens is 440 g/mol. The van der Waals surface area contributed by atoms with Crippen LogP contribution in [0.25, 0.3) is 0 Å². The number of nitrogens with zero attached hydrogens (tertiary/aromatic N) is 1. The molecule has 0 radical (unpaired) electrons. The number of benzene rings is 2. The van der Waals surface area contributed by atoms with E-state index in [1.807, 2.05) is 19.1 Å². The Hall–Kier alpha value is -2.42. The molecule has 7 nitrogen and oxygen atoms in total. The predicted molar refractivity (Wildman–Crippen MR) is 119 cm³/mol. The number of aryl methyl sites for hydroxylation is 1. The molecule has 1 N–H and O–H groups in total. The molecule has 0 bridgehead atoms. The van der Waals surface area contributed by atoms with E-state index in [0.717, 1.165) is 24.8 Å². The molecule has 1 unspecified atom stereocenters. The summed E-state index contributed by atoms with van der Waals surface area (Å²) in [6, 6.07) is 11.3. The SMILES string of the molecule is CCc1ccc(NC(=O)C(C)OC(=O)c2ccc(Cl)c(S(=O)(=O)N3CCCC3)c2)cc1. The zero-order valence-corrected chi connectivity index (χ0v) is 19.0. The summed E-state index contributed by atoms with van der Waals surface area (Å²) in [6.07, 6.45) is 1.38. The van der Waals surface area contributed by atoms with Gasteiger partial charge in [-0.2, -0.15) is 4.31 Å². The number of halogens is 1. The highest BCUT2D eigenvalue weighted by atomic mass is 35.5. The van der Waals surface area contributed by atoms with E-state index in [-0.39, 0.29) is 15.5 Å². The summed E-state index contributed by atoms with van der Waals surface area (Å²) < 4.78 is 32.3. The molecule has 0 saturated carbocycles. The molecule has 0 aromatic heterocycles. The van der Waals surface area contributed by atoms with E-state index in [9.17, 15) is 18.0 Å². The van der Waals surface area contributed by atoms with Gasteiger partial charge >= 0.3 is 5.97 Å². The molecule has 31 heavy (non-hydrogen) atoms. The van der Waals surface area contributed by atoms with Crippen molar-refractivity contribution in [1.29, 1.82) is 0 Å². The van der Waals surface area contributed by atoms with Gasteiger partial charge < -0.3 is 10.1 Å². The van der Waals surface area contributed by atoms with Crippen molar-refractivity contribution in [2.45, 2.75) is 44.1 Å².